The second kappa shape index (κ2) is 6.79. The van der Waals surface area contributed by atoms with Gasteiger partial charge in [-0.15, -0.1) is 0 Å². The summed E-state index contributed by atoms with van der Waals surface area (Å²) in [7, 11) is 0. The molecule has 1 saturated heterocycles. The van der Waals surface area contributed by atoms with Gasteiger partial charge in [0, 0.05) is 34.4 Å². The lowest BCUT2D eigenvalue weighted by Gasteiger charge is -2.40. The number of rotatable bonds is 3. The van der Waals surface area contributed by atoms with Gasteiger partial charge in [0.15, 0.2) is 0 Å². The van der Waals surface area contributed by atoms with Crippen LogP contribution in [0.1, 0.15) is 12.5 Å². The standard InChI is InChI=1S/C18H21IN2/c1-14-12-20-17(10-15-6-3-2-4-7-15)13-21(14)18-9-5-8-16(19)11-18/h2-9,11,14,17,20H,10,12-13H2,1H3. The van der Waals surface area contributed by atoms with Gasteiger partial charge in [-0.25, -0.2) is 0 Å². The third-order valence-corrected chi connectivity index (χ3v) is 4.79. The Kier molecular flexibility index (Phi) is 4.80. The average molecular weight is 392 g/mol. The molecule has 0 amide bonds. The first-order valence-corrected chi connectivity index (χ1v) is 8.60. The first kappa shape index (κ1) is 14.9. The van der Waals surface area contributed by atoms with Crippen molar-refractivity contribution in [3.8, 4) is 0 Å². The van der Waals surface area contributed by atoms with Crippen molar-refractivity contribution in [3.05, 3.63) is 63.7 Å². The molecule has 0 aromatic heterocycles. The van der Waals surface area contributed by atoms with E-state index in [4.69, 9.17) is 0 Å². The fourth-order valence-electron chi connectivity index (χ4n) is 2.98. The van der Waals surface area contributed by atoms with Crippen LogP contribution in [0.5, 0.6) is 0 Å². The summed E-state index contributed by atoms with van der Waals surface area (Å²) in [5.74, 6) is 0. The van der Waals surface area contributed by atoms with Gasteiger partial charge in [0.25, 0.3) is 0 Å². The van der Waals surface area contributed by atoms with Gasteiger partial charge in [-0.1, -0.05) is 36.4 Å². The van der Waals surface area contributed by atoms with Crippen molar-refractivity contribution in [2.45, 2.75) is 25.4 Å². The Balaban J connectivity index is 1.73. The van der Waals surface area contributed by atoms with Gasteiger partial charge in [0.2, 0.25) is 0 Å². The fourth-order valence-corrected chi connectivity index (χ4v) is 3.51. The number of benzene rings is 2. The Morgan fingerprint density at radius 3 is 2.71 bits per heavy atom. The average Bonchev–Trinajstić information content (AvgIpc) is 2.50. The summed E-state index contributed by atoms with van der Waals surface area (Å²) in [4.78, 5) is 2.53. The van der Waals surface area contributed by atoms with E-state index in [1.807, 2.05) is 0 Å². The van der Waals surface area contributed by atoms with Crippen LogP contribution in [0.25, 0.3) is 0 Å². The Hall–Kier alpha value is -1.07. The van der Waals surface area contributed by atoms with Crippen LogP contribution in [0.3, 0.4) is 0 Å². The van der Waals surface area contributed by atoms with E-state index in [9.17, 15) is 0 Å². The third kappa shape index (κ3) is 3.77. The molecule has 1 heterocycles. The van der Waals surface area contributed by atoms with E-state index < -0.39 is 0 Å². The Bertz CT molecular complexity index is 585. The molecule has 110 valence electrons. The first-order valence-electron chi connectivity index (χ1n) is 7.52. The van der Waals surface area contributed by atoms with Crippen LogP contribution < -0.4 is 10.2 Å². The summed E-state index contributed by atoms with van der Waals surface area (Å²) < 4.78 is 1.30. The summed E-state index contributed by atoms with van der Waals surface area (Å²) in [5.41, 5.74) is 2.75. The smallest absolute Gasteiger partial charge is 0.0387 e. The Labute approximate surface area is 140 Å². The van der Waals surface area contributed by atoms with Gasteiger partial charge in [-0.3, -0.25) is 0 Å². The van der Waals surface area contributed by atoms with Crippen LogP contribution in [0.4, 0.5) is 5.69 Å². The van der Waals surface area contributed by atoms with E-state index in [1.165, 1.54) is 14.8 Å². The summed E-state index contributed by atoms with van der Waals surface area (Å²) in [6.45, 7) is 4.41. The summed E-state index contributed by atoms with van der Waals surface area (Å²) in [6, 6.07) is 20.6. The molecule has 0 bridgehead atoms. The minimum absolute atomic E-state index is 0.515. The van der Waals surface area contributed by atoms with E-state index in [1.54, 1.807) is 0 Å². The lowest BCUT2D eigenvalue weighted by atomic mass is 10.0. The van der Waals surface area contributed by atoms with E-state index in [0.29, 0.717) is 12.1 Å². The largest absolute Gasteiger partial charge is 0.366 e. The molecule has 3 heteroatoms. The van der Waals surface area contributed by atoms with Crippen molar-refractivity contribution in [2.24, 2.45) is 0 Å². The second-order valence-corrected chi connectivity index (χ2v) is 7.02. The molecule has 2 atom stereocenters. The first-order chi connectivity index (χ1) is 10.2. The van der Waals surface area contributed by atoms with E-state index >= 15 is 0 Å². The molecule has 1 N–H and O–H groups in total. The van der Waals surface area contributed by atoms with Crippen molar-refractivity contribution in [1.82, 2.24) is 5.32 Å². The Morgan fingerprint density at radius 2 is 1.95 bits per heavy atom. The van der Waals surface area contributed by atoms with E-state index in [-0.39, 0.29) is 0 Å². The number of nitrogens with zero attached hydrogens (tertiary/aromatic N) is 1. The highest BCUT2D eigenvalue weighted by Crippen LogP contribution is 2.22. The number of nitrogens with one attached hydrogen (secondary N) is 1. The van der Waals surface area contributed by atoms with Crippen LogP contribution in [0, 0.1) is 3.57 Å². The number of hydrogen-bond acceptors (Lipinski definition) is 2. The highest BCUT2D eigenvalue weighted by molar-refractivity contribution is 14.1. The van der Waals surface area contributed by atoms with Gasteiger partial charge in [0.1, 0.15) is 0 Å². The molecule has 1 aliphatic heterocycles. The van der Waals surface area contributed by atoms with Crippen molar-refractivity contribution in [2.75, 3.05) is 18.0 Å². The molecule has 1 aliphatic rings. The van der Waals surface area contributed by atoms with Gasteiger partial charge in [0.05, 0.1) is 0 Å². The molecular formula is C18H21IN2. The number of hydrogen-bond donors (Lipinski definition) is 1. The number of halogens is 1. The van der Waals surface area contributed by atoms with Crippen LogP contribution >= 0.6 is 22.6 Å². The van der Waals surface area contributed by atoms with Gasteiger partial charge in [-0.05, 0) is 59.7 Å². The van der Waals surface area contributed by atoms with Crippen molar-refractivity contribution >= 4 is 28.3 Å². The number of anilines is 1. The third-order valence-electron chi connectivity index (χ3n) is 4.12. The molecule has 0 spiro atoms. The molecule has 3 rings (SSSR count). The van der Waals surface area contributed by atoms with Crippen LogP contribution in [0.2, 0.25) is 0 Å². The monoisotopic (exact) mass is 392 g/mol. The molecule has 2 unspecified atom stereocenters. The predicted octanol–water partition coefficient (Wildman–Crippen LogP) is 3.70. The fraction of sp³-hybridized carbons (Fsp3) is 0.333. The lowest BCUT2D eigenvalue weighted by Crippen LogP contribution is -2.56. The van der Waals surface area contributed by atoms with Crippen LogP contribution in [0.15, 0.2) is 54.6 Å². The van der Waals surface area contributed by atoms with Crippen molar-refractivity contribution < 1.29 is 0 Å². The molecule has 2 nitrogen and oxygen atoms in total. The SMILES string of the molecule is CC1CNC(Cc2ccccc2)CN1c1cccc(I)c1. The summed E-state index contributed by atoms with van der Waals surface area (Å²) >= 11 is 2.39. The van der Waals surface area contributed by atoms with Crippen molar-refractivity contribution in [3.63, 3.8) is 0 Å². The second-order valence-electron chi connectivity index (χ2n) is 5.78. The van der Waals surface area contributed by atoms with Gasteiger partial charge >= 0.3 is 0 Å². The maximum absolute atomic E-state index is 3.69. The minimum Gasteiger partial charge on any atom is -0.366 e. The van der Waals surface area contributed by atoms with E-state index in [2.05, 4.69) is 94.3 Å². The number of piperazine rings is 1. The van der Waals surface area contributed by atoms with E-state index in [0.717, 1.165) is 19.5 Å². The molecule has 21 heavy (non-hydrogen) atoms. The van der Waals surface area contributed by atoms with Crippen LogP contribution in [-0.4, -0.2) is 25.2 Å². The minimum atomic E-state index is 0.515. The van der Waals surface area contributed by atoms with Crippen LogP contribution in [-0.2, 0) is 6.42 Å². The summed E-state index contributed by atoms with van der Waals surface area (Å²) in [6.07, 6.45) is 1.09. The molecule has 0 aliphatic carbocycles. The Morgan fingerprint density at radius 1 is 1.14 bits per heavy atom. The lowest BCUT2D eigenvalue weighted by molar-refractivity contribution is 0.403. The molecular weight excluding hydrogens is 371 g/mol. The predicted molar refractivity (Wildman–Crippen MR) is 97.9 cm³/mol. The highest BCUT2D eigenvalue weighted by Gasteiger charge is 2.25. The maximum Gasteiger partial charge on any atom is 0.0387 e. The molecule has 2 aromatic rings. The topological polar surface area (TPSA) is 15.3 Å². The molecule has 1 fully saturated rings. The molecule has 0 radical (unpaired) electrons. The van der Waals surface area contributed by atoms with Gasteiger partial charge in [-0.2, -0.15) is 0 Å². The zero-order valence-electron chi connectivity index (χ0n) is 12.3. The van der Waals surface area contributed by atoms with Gasteiger partial charge < -0.3 is 10.2 Å². The molecule has 2 aromatic carbocycles. The highest BCUT2D eigenvalue weighted by atomic mass is 127. The summed E-state index contributed by atoms with van der Waals surface area (Å²) in [5, 5.41) is 3.69. The van der Waals surface area contributed by atoms with Crippen molar-refractivity contribution in [1.29, 1.82) is 0 Å². The quantitative estimate of drug-likeness (QED) is 0.802. The maximum atomic E-state index is 3.69. The zero-order valence-corrected chi connectivity index (χ0v) is 14.5. The molecule has 0 saturated carbocycles. The zero-order chi connectivity index (χ0) is 14.7. The normalized spacial score (nSPS) is 22.3.